The number of hydrogen-bond acceptors (Lipinski definition) is 5. The third-order valence-electron chi connectivity index (χ3n) is 7.93. The quantitative estimate of drug-likeness (QED) is 0.635. The van der Waals surface area contributed by atoms with Gasteiger partial charge in [0, 0.05) is 44.7 Å². The summed E-state index contributed by atoms with van der Waals surface area (Å²) in [5.41, 5.74) is 4.05. The Labute approximate surface area is 213 Å². The molecule has 2 aromatic rings. The van der Waals surface area contributed by atoms with Crippen molar-refractivity contribution < 1.29 is 19.1 Å². The third kappa shape index (κ3) is 5.57. The van der Waals surface area contributed by atoms with Gasteiger partial charge in [-0.3, -0.25) is 4.79 Å². The van der Waals surface area contributed by atoms with Crippen LogP contribution in [0.25, 0.3) is 0 Å². The molecule has 3 unspecified atom stereocenters. The summed E-state index contributed by atoms with van der Waals surface area (Å²) in [4.78, 5) is 30.4. The number of alkyl carbamates (subject to hydrolysis) is 1. The van der Waals surface area contributed by atoms with Crippen molar-refractivity contribution in [3.8, 4) is 0 Å². The Bertz CT molecular complexity index is 1040. The van der Waals surface area contributed by atoms with E-state index in [2.05, 4.69) is 27.2 Å². The van der Waals surface area contributed by atoms with E-state index in [4.69, 9.17) is 9.47 Å². The molecule has 2 aromatic carbocycles. The number of hydrogen-bond donors (Lipinski definition) is 1. The van der Waals surface area contributed by atoms with Crippen molar-refractivity contribution in [1.29, 1.82) is 0 Å². The minimum atomic E-state index is -0.377. The highest BCUT2D eigenvalue weighted by Crippen LogP contribution is 2.33. The number of carbonyl (C=O) groups is 2. The number of amides is 2. The summed E-state index contributed by atoms with van der Waals surface area (Å²) in [6.07, 6.45) is 1.03. The Hall–Kier alpha value is -2.90. The van der Waals surface area contributed by atoms with Gasteiger partial charge in [0.15, 0.2) is 0 Å². The summed E-state index contributed by atoms with van der Waals surface area (Å²) in [5, 5.41) is 3.09. The molecule has 3 saturated heterocycles. The number of fused-ring (bicyclic) bond motifs is 1. The van der Waals surface area contributed by atoms with Crippen molar-refractivity contribution in [1.82, 2.24) is 15.1 Å². The minimum absolute atomic E-state index is 0.108. The Morgan fingerprint density at radius 2 is 1.69 bits per heavy atom. The summed E-state index contributed by atoms with van der Waals surface area (Å²) in [7, 11) is 0. The molecule has 5 rings (SSSR count). The summed E-state index contributed by atoms with van der Waals surface area (Å²) >= 11 is 0. The molecule has 7 heteroatoms. The highest BCUT2D eigenvalue weighted by molar-refractivity contribution is 5.97. The SMILES string of the molecule is Cc1cccc(C)c1C(=O)N1CC2CN(CCC(NC(=O)OC3CCOC3)c3ccccc3)C[C@H]2C1. The average molecular weight is 492 g/mol. The smallest absolute Gasteiger partial charge is 0.407 e. The van der Waals surface area contributed by atoms with Crippen LogP contribution in [0.3, 0.4) is 0 Å². The maximum atomic E-state index is 13.3. The van der Waals surface area contributed by atoms with Crippen molar-refractivity contribution in [2.45, 2.75) is 38.8 Å². The molecule has 7 nitrogen and oxygen atoms in total. The maximum Gasteiger partial charge on any atom is 0.407 e. The standard InChI is InChI=1S/C29H37N3O4/c1-20-7-6-8-21(2)27(20)28(33)32-17-23-15-31(16-24(23)18-32)13-11-26(22-9-4-3-5-10-22)30-29(34)36-25-12-14-35-19-25/h3-10,23-26H,11-19H2,1-2H3,(H,30,34)/t23-,24?,25?,26?/m0/s1. The molecule has 0 bridgehead atoms. The number of rotatable bonds is 7. The number of carbonyl (C=O) groups excluding carboxylic acids is 2. The number of aryl methyl sites for hydroxylation is 2. The zero-order valence-electron chi connectivity index (χ0n) is 21.3. The van der Waals surface area contributed by atoms with E-state index in [9.17, 15) is 9.59 Å². The summed E-state index contributed by atoms with van der Waals surface area (Å²) in [5.74, 6) is 1.19. The lowest BCUT2D eigenvalue weighted by Gasteiger charge is -2.25. The number of benzene rings is 2. The van der Waals surface area contributed by atoms with Crippen LogP contribution in [0.4, 0.5) is 4.79 Å². The van der Waals surface area contributed by atoms with Crippen LogP contribution in [0.5, 0.6) is 0 Å². The average Bonchev–Trinajstić information content (AvgIpc) is 3.59. The second-order valence-corrected chi connectivity index (χ2v) is 10.5. The van der Waals surface area contributed by atoms with Crippen LogP contribution in [0.1, 0.15) is 45.9 Å². The lowest BCUT2D eigenvalue weighted by atomic mass is 10.0. The Kier molecular flexibility index (Phi) is 7.58. The van der Waals surface area contributed by atoms with Crippen molar-refractivity contribution in [2.24, 2.45) is 11.8 Å². The fourth-order valence-electron chi connectivity index (χ4n) is 6.00. The number of likely N-dealkylation sites (tertiary alicyclic amines) is 2. The van der Waals surface area contributed by atoms with Gasteiger partial charge in [-0.25, -0.2) is 4.79 Å². The molecular weight excluding hydrogens is 454 g/mol. The first-order valence-electron chi connectivity index (χ1n) is 13.2. The van der Waals surface area contributed by atoms with E-state index in [0.717, 1.165) is 67.8 Å². The Morgan fingerprint density at radius 3 is 2.33 bits per heavy atom. The van der Waals surface area contributed by atoms with Crippen molar-refractivity contribution >= 4 is 12.0 Å². The van der Waals surface area contributed by atoms with Crippen LogP contribution in [-0.4, -0.2) is 73.8 Å². The highest BCUT2D eigenvalue weighted by atomic mass is 16.6. The van der Waals surface area contributed by atoms with Crippen molar-refractivity contribution in [3.05, 3.63) is 70.8 Å². The number of nitrogens with one attached hydrogen (secondary N) is 1. The van der Waals surface area contributed by atoms with E-state index in [-0.39, 0.29) is 24.1 Å². The van der Waals surface area contributed by atoms with Crippen LogP contribution >= 0.6 is 0 Å². The van der Waals surface area contributed by atoms with Gasteiger partial charge in [-0.15, -0.1) is 0 Å². The molecule has 4 atom stereocenters. The van der Waals surface area contributed by atoms with Gasteiger partial charge in [0.2, 0.25) is 0 Å². The van der Waals surface area contributed by atoms with Crippen LogP contribution < -0.4 is 5.32 Å². The minimum Gasteiger partial charge on any atom is -0.444 e. The molecule has 2 amide bonds. The van der Waals surface area contributed by atoms with Gasteiger partial charge in [0.1, 0.15) is 6.10 Å². The fraction of sp³-hybridized carbons (Fsp3) is 0.517. The summed E-state index contributed by atoms with van der Waals surface area (Å²) < 4.78 is 10.9. The lowest BCUT2D eigenvalue weighted by Crippen LogP contribution is -2.36. The van der Waals surface area contributed by atoms with E-state index in [1.54, 1.807) is 0 Å². The van der Waals surface area contributed by atoms with Crippen LogP contribution in [0.2, 0.25) is 0 Å². The predicted molar refractivity (Wildman–Crippen MR) is 138 cm³/mol. The second kappa shape index (κ2) is 11.0. The van der Waals surface area contributed by atoms with E-state index in [0.29, 0.717) is 25.0 Å². The molecule has 36 heavy (non-hydrogen) atoms. The Balaban J connectivity index is 1.15. The molecular formula is C29H37N3O4. The van der Waals surface area contributed by atoms with E-state index in [1.165, 1.54) is 0 Å². The summed E-state index contributed by atoms with van der Waals surface area (Å²) in [6.45, 7) is 9.69. The molecule has 0 aromatic heterocycles. The first-order chi connectivity index (χ1) is 17.5. The van der Waals surface area contributed by atoms with Gasteiger partial charge in [-0.1, -0.05) is 48.5 Å². The molecule has 3 fully saturated rings. The van der Waals surface area contributed by atoms with Gasteiger partial charge in [-0.05, 0) is 48.8 Å². The van der Waals surface area contributed by atoms with E-state index >= 15 is 0 Å². The van der Waals surface area contributed by atoms with Crippen LogP contribution in [0.15, 0.2) is 48.5 Å². The molecule has 192 valence electrons. The number of ether oxygens (including phenoxy) is 2. The monoisotopic (exact) mass is 491 g/mol. The van der Waals surface area contributed by atoms with Crippen LogP contribution in [0, 0.1) is 25.7 Å². The largest absolute Gasteiger partial charge is 0.444 e. The molecule has 3 aliphatic heterocycles. The maximum absolute atomic E-state index is 13.3. The predicted octanol–water partition coefficient (Wildman–Crippen LogP) is 3.95. The van der Waals surface area contributed by atoms with Gasteiger partial charge in [0.05, 0.1) is 19.3 Å². The highest BCUT2D eigenvalue weighted by Gasteiger charge is 2.42. The third-order valence-corrected chi connectivity index (χ3v) is 7.93. The topological polar surface area (TPSA) is 71.1 Å². The molecule has 1 N–H and O–H groups in total. The van der Waals surface area contributed by atoms with Gasteiger partial charge < -0.3 is 24.6 Å². The van der Waals surface area contributed by atoms with Crippen LogP contribution in [-0.2, 0) is 9.47 Å². The molecule has 0 saturated carbocycles. The molecule has 0 spiro atoms. The van der Waals surface area contributed by atoms with Gasteiger partial charge in [0.25, 0.3) is 5.91 Å². The van der Waals surface area contributed by atoms with Crippen molar-refractivity contribution in [3.63, 3.8) is 0 Å². The number of nitrogens with zero attached hydrogens (tertiary/aromatic N) is 2. The van der Waals surface area contributed by atoms with Gasteiger partial charge in [-0.2, -0.15) is 0 Å². The molecule has 3 heterocycles. The molecule has 3 aliphatic rings. The zero-order valence-corrected chi connectivity index (χ0v) is 21.3. The fourth-order valence-corrected chi connectivity index (χ4v) is 6.00. The van der Waals surface area contributed by atoms with E-state index in [1.807, 2.05) is 50.2 Å². The molecule has 0 aliphatic carbocycles. The molecule has 0 radical (unpaired) electrons. The first kappa shape index (κ1) is 24.8. The normalized spacial score (nSPS) is 24.5. The summed E-state index contributed by atoms with van der Waals surface area (Å²) in [6, 6.07) is 16.0. The van der Waals surface area contributed by atoms with Gasteiger partial charge >= 0.3 is 6.09 Å². The second-order valence-electron chi connectivity index (χ2n) is 10.5. The first-order valence-corrected chi connectivity index (χ1v) is 13.2. The van der Waals surface area contributed by atoms with E-state index < -0.39 is 0 Å². The lowest BCUT2D eigenvalue weighted by molar-refractivity contribution is 0.0772. The Morgan fingerprint density at radius 1 is 1.00 bits per heavy atom. The van der Waals surface area contributed by atoms with Crippen molar-refractivity contribution in [2.75, 3.05) is 45.9 Å². The zero-order chi connectivity index (χ0) is 25.1.